The summed E-state index contributed by atoms with van der Waals surface area (Å²) in [6.07, 6.45) is 4.57. The van der Waals surface area contributed by atoms with Gasteiger partial charge in [-0.25, -0.2) is 19.6 Å². The summed E-state index contributed by atoms with van der Waals surface area (Å²) in [5, 5.41) is 2.88. The molecule has 1 aliphatic carbocycles. The number of esters is 1. The highest BCUT2D eigenvalue weighted by Gasteiger charge is 2.52. The summed E-state index contributed by atoms with van der Waals surface area (Å²) in [5.74, 6) is -0.306. The molecule has 2 aromatic rings. The number of nitrogens with one attached hydrogen (secondary N) is 1. The van der Waals surface area contributed by atoms with Gasteiger partial charge in [0, 0.05) is 12.0 Å². The first kappa shape index (κ1) is 36.2. The molecule has 1 aromatic carbocycles. The van der Waals surface area contributed by atoms with Gasteiger partial charge in [-0.05, 0) is 61.5 Å². The second-order valence-electron chi connectivity index (χ2n) is 14.0. The van der Waals surface area contributed by atoms with Crippen molar-refractivity contribution in [3.63, 3.8) is 0 Å². The molecule has 11 nitrogen and oxygen atoms in total. The molecule has 12 heteroatoms. The third-order valence-corrected chi connectivity index (χ3v) is 8.93. The lowest BCUT2D eigenvalue weighted by molar-refractivity contribution is -0.157. The zero-order chi connectivity index (χ0) is 34.5. The molecule has 47 heavy (non-hydrogen) atoms. The van der Waals surface area contributed by atoms with E-state index in [1.54, 1.807) is 25.3 Å². The minimum absolute atomic E-state index is 0.0459. The van der Waals surface area contributed by atoms with E-state index in [0.717, 1.165) is 25.7 Å². The Balaban J connectivity index is 1.58. The number of carbonyl (C=O) groups excluding carboxylic acids is 3. The van der Waals surface area contributed by atoms with Gasteiger partial charge in [0.2, 0.25) is 5.91 Å². The minimum Gasteiger partial charge on any atom is -0.497 e. The average molecular weight is 673 g/mol. The molecule has 0 spiro atoms. The lowest BCUT2D eigenvalue weighted by atomic mass is 9.85. The van der Waals surface area contributed by atoms with Gasteiger partial charge in [0.05, 0.1) is 31.3 Å². The molecule has 1 aliphatic heterocycles. The second kappa shape index (κ2) is 15.5. The van der Waals surface area contributed by atoms with Crippen LogP contribution in [0.1, 0.15) is 73.6 Å². The third kappa shape index (κ3) is 9.06. The largest absolute Gasteiger partial charge is 0.497 e. The second-order valence-corrected chi connectivity index (χ2v) is 14.3. The van der Waals surface area contributed by atoms with Gasteiger partial charge in [0.1, 0.15) is 30.0 Å². The highest BCUT2D eigenvalue weighted by molar-refractivity contribution is 6.31. The van der Waals surface area contributed by atoms with Crippen molar-refractivity contribution in [1.82, 2.24) is 20.2 Å². The summed E-state index contributed by atoms with van der Waals surface area (Å²) in [7, 11) is 1.56. The third-order valence-electron chi connectivity index (χ3n) is 8.69. The molecule has 2 heterocycles. The number of nitrogens with zero attached hydrogens (tertiary/aromatic N) is 3. The maximum absolute atomic E-state index is 14.4. The number of benzene rings is 1. The normalized spacial score (nSPS) is 22.9. The number of unbranched alkanes of at least 4 members (excludes halogenated alkanes) is 1. The monoisotopic (exact) mass is 672 g/mol. The fraction of sp³-hybridized carbons (Fsp3) is 0.629. The summed E-state index contributed by atoms with van der Waals surface area (Å²) in [6, 6.07) is 3.30. The van der Waals surface area contributed by atoms with Crippen molar-refractivity contribution in [2.24, 2.45) is 23.2 Å². The van der Waals surface area contributed by atoms with Gasteiger partial charge in [-0.1, -0.05) is 59.2 Å². The Morgan fingerprint density at radius 1 is 1.17 bits per heavy atom. The smallest absolute Gasteiger partial charge is 0.408 e. The summed E-state index contributed by atoms with van der Waals surface area (Å²) < 4.78 is 23.1. The molecular weight excluding hydrogens is 624 g/mol. The Bertz CT molecular complexity index is 1450. The fourth-order valence-electron chi connectivity index (χ4n) is 5.99. The van der Waals surface area contributed by atoms with Crippen LogP contribution in [-0.4, -0.2) is 77.4 Å². The van der Waals surface area contributed by atoms with E-state index in [4.69, 9.17) is 30.5 Å². The molecule has 1 saturated carbocycles. The van der Waals surface area contributed by atoms with Crippen LogP contribution < -0.4 is 14.8 Å². The van der Waals surface area contributed by atoms with E-state index in [0.29, 0.717) is 29.1 Å². The zero-order valence-electron chi connectivity index (χ0n) is 28.6. The van der Waals surface area contributed by atoms with Gasteiger partial charge in [-0.3, -0.25) is 4.79 Å². The van der Waals surface area contributed by atoms with E-state index in [-0.39, 0.29) is 36.2 Å². The van der Waals surface area contributed by atoms with Crippen LogP contribution in [0.2, 0.25) is 5.15 Å². The Morgan fingerprint density at radius 3 is 2.55 bits per heavy atom. The van der Waals surface area contributed by atoms with Crippen LogP contribution in [-0.2, 0) is 19.1 Å². The molecule has 6 unspecified atom stereocenters. The molecule has 0 radical (unpaired) electrons. The Hall–Kier alpha value is -3.60. The first-order valence-corrected chi connectivity index (χ1v) is 16.9. The molecule has 2 fully saturated rings. The van der Waals surface area contributed by atoms with Gasteiger partial charge in [-0.2, -0.15) is 0 Å². The first-order valence-electron chi connectivity index (χ1n) is 16.5. The van der Waals surface area contributed by atoms with Crippen LogP contribution >= 0.6 is 11.6 Å². The van der Waals surface area contributed by atoms with Crippen LogP contribution in [0.5, 0.6) is 11.6 Å². The van der Waals surface area contributed by atoms with Gasteiger partial charge in [-0.15, -0.1) is 6.58 Å². The maximum atomic E-state index is 14.4. The summed E-state index contributed by atoms with van der Waals surface area (Å²) in [5.41, 5.74) is 0.376. The standard InChI is InChI=1S/C35H49ClN4O7/c1-9-11-12-13-21-16-26(21)47-34(43)39-29(35(5,6)7)32(41)40-18-27(23(10-2)28(40)33(42)45-19-20(3)4)46-31-30(36)37-24-15-14-22(44-8)17-25(24)38-31/h9,14-15,17,20-21,23,26-29H,1,10-13,16,18-19H2,2-8H3,(H,39,43). The predicted molar refractivity (Wildman–Crippen MR) is 179 cm³/mol. The Labute approximate surface area is 282 Å². The SMILES string of the molecule is C=CCCCC1CC1OC(=O)NC(C(=O)N1CC(Oc2nc3cc(OC)ccc3nc2Cl)C(CC)C1C(=O)OCC(C)C)C(C)(C)C. The van der Waals surface area contributed by atoms with Crippen LogP contribution in [0.15, 0.2) is 30.9 Å². The topological polar surface area (TPSA) is 129 Å². The Kier molecular flexibility index (Phi) is 12.0. The number of methoxy groups -OCH3 is 1. The molecule has 2 amide bonds. The summed E-state index contributed by atoms with van der Waals surface area (Å²) in [4.78, 5) is 51.7. The molecule has 6 atom stereocenters. The minimum atomic E-state index is -0.985. The molecule has 1 aromatic heterocycles. The van der Waals surface area contributed by atoms with Crippen LogP contribution in [0.25, 0.3) is 11.0 Å². The van der Waals surface area contributed by atoms with Crippen molar-refractivity contribution in [3.8, 4) is 11.6 Å². The van der Waals surface area contributed by atoms with E-state index in [1.807, 2.05) is 47.6 Å². The van der Waals surface area contributed by atoms with Gasteiger partial charge < -0.3 is 29.2 Å². The van der Waals surface area contributed by atoms with Crippen LogP contribution in [0.4, 0.5) is 4.79 Å². The van der Waals surface area contributed by atoms with E-state index in [9.17, 15) is 14.4 Å². The van der Waals surface area contributed by atoms with Gasteiger partial charge >= 0.3 is 12.1 Å². The molecule has 1 N–H and O–H groups in total. The number of hydrogen-bond donors (Lipinski definition) is 1. The number of carbonyl (C=O) groups is 3. The number of halogens is 1. The summed E-state index contributed by atoms with van der Waals surface area (Å²) >= 11 is 6.52. The van der Waals surface area contributed by atoms with Crippen LogP contribution in [0.3, 0.4) is 0 Å². The van der Waals surface area contributed by atoms with Crippen LogP contribution in [0, 0.1) is 23.2 Å². The number of amides is 2. The molecule has 258 valence electrons. The lowest BCUT2D eigenvalue weighted by Gasteiger charge is -2.35. The molecule has 1 saturated heterocycles. The number of hydrogen-bond acceptors (Lipinski definition) is 9. The highest BCUT2D eigenvalue weighted by atomic mass is 35.5. The van der Waals surface area contributed by atoms with Crippen molar-refractivity contribution in [1.29, 1.82) is 0 Å². The van der Waals surface area contributed by atoms with Gasteiger partial charge in [0.25, 0.3) is 5.88 Å². The number of aromatic nitrogens is 2. The van der Waals surface area contributed by atoms with Gasteiger partial charge in [0.15, 0.2) is 5.15 Å². The zero-order valence-corrected chi connectivity index (χ0v) is 29.3. The molecule has 2 aliphatic rings. The number of allylic oxidation sites excluding steroid dienone is 1. The average Bonchev–Trinajstić information content (AvgIpc) is 3.64. The molecule has 4 rings (SSSR count). The van der Waals surface area contributed by atoms with Crippen molar-refractivity contribution in [2.45, 2.75) is 97.9 Å². The van der Waals surface area contributed by atoms with Crippen molar-refractivity contribution in [3.05, 3.63) is 36.0 Å². The van der Waals surface area contributed by atoms with E-state index >= 15 is 0 Å². The van der Waals surface area contributed by atoms with Crippen molar-refractivity contribution >= 4 is 40.6 Å². The number of ether oxygens (including phenoxy) is 4. The van der Waals surface area contributed by atoms with Crippen molar-refractivity contribution < 1.29 is 33.3 Å². The molecular formula is C35H49ClN4O7. The van der Waals surface area contributed by atoms with E-state index < -0.39 is 47.5 Å². The quantitative estimate of drug-likeness (QED) is 0.138. The highest BCUT2D eigenvalue weighted by Crippen LogP contribution is 2.39. The number of alkyl carbamates (subject to hydrolysis) is 1. The lowest BCUT2D eigenvalue weighted by Crippen LogP contribution is -2.57. The maximum Gasteiger partial charge on any atom is 0.408 e. The number of rotatable bonds is 14. The van der Waals surface area contributed by atoms with E-state index in [2.05, 4.69) is 21.9 Å². The molecule has 0 bridgehead atoms. The first-order chi connectivity index (χ1) is 22.3. The summed E-state index contributed by atoms with van der Waals surface area (Å²) in [6.45, 7) is 15.4. The van der Waals surface area contributed by atoms with Crippen molar-refractivity contribution in [2.75, 3.05) is 20.3 Å². The predicted octanol–water partition coefficient (Wildman–Crippen LogP) is 6.36. The van der Waals surface area contributed by atoms with E-state index in [1.165, 1.54) is 4.90 Å². The number of fused-ring (bicyclic) bond motifs is 1. The number of likely N-dealkylation sites (tertiary alicyclic amines) is 1. The fourth-order valence-corrected chi connectivity index (χ4v) is 6.17. The Morgan fingerprint density at radius 2 is 1.91 bits per heavy atom.